The van der Waals surface area contributed by atoms with E-state index in [-0.39, 0.29) is 11.6 Å². The lowest BCUT2D eigenvalue weighted by Crippen LogP contribution is -2.31. The Labute approximate surface area is 121 Å². The van der Waals surface area contributed by atoms with E-state index in [9.17, 15) is 18.0 Å². The van der Waals surface area contributed by atoms with Crippen molar-refractivity contribution in [3.05, 3.63) is 29.3 Å². The molecular weight excluding hydrogens is 283 g/mol. The molecule has 116 valence electrons. The molecule has 0 radical (unpaired) electrons. The van der Waals surface area contributed by atoms with Crippen molar-refractivity contribution in [1.82, 2.24) is 4.90 Å². The maximum absolute atomic E-state index is 12.9. The molecule has 1 heterocycles. The molecule has 1 fully saturated rings. The van der Waals surface area contributed by atoms with Crippen LogP contribution in [0.5, 0.6) is 0 Å². The predicted octanol–water partition coefficient (Wildman–Crippen LogP) is 1.94. The van der Waals surface area contributed by atoms with E-state index < -0.39 is 17.6 Å². The number of nitrogens with two attached hydrogens (primary N) is 1. The first-order valence-electron chi connectivity index (χ1n) is 6.62. The third-order valence-electron chi connectivity index (χ3n) is 3.79. The molecule has 0 spiro atoms. The van der Waals surface area contributed by atoms with E-state index in [1.54, 1.807) is 0 Å². The Morgan fingerprint density at radius 3 is 2.48 bits per heavy atom. The molecule has 1 atom stereocenters. The van der Waals surface area contributed by atoms with E-state index in [2.05, 4.69) is 0 Å². The standard InChI is InChI=1S/C14H18F3N3O/c1-19(2)11-3-4-20(8-11)12-6-9(13(18)21)5-10(7-12)14(15,16)17/h5-7,11H,3-4,8H2,1-2H3,(H2,18,21). The van der Waals surface area contributed by atoms with Gasteiger partial charge in [0.25, 0.3) is 0 Å². The summed E-state index contributed by atoms with van der Waals surface area (Å²) in [4.78, 5) is 15.1. The number of primary amides is 1. The average Bonchev–Trinajstić information content (AvgIpc) is 2.86. The minimum Gasteiger partial charge on any atom is -0.370 e. The second-order valence-electron chi connectivity index (χ2n) is 5.48. The highest BCUT2D eigenvalue weighted by Gasteiger charge is 2.33. The van der Waals surface area contributed by atoms with Gasteiger partial charge in [0.05, 0.1) is 5.56 Å². The van der Waals surface area contributed by atoms with Gasteiger partial charge in [-0.15, -0.1) is 0 Å². The van der Waals surface area contributed by atoms with Gasteiger partial charge in [-0.1, -0.05) is 0 Å². The zero-order valence-electron chi connectivity index (χ0n) is 11.9. The first-order chi connectivity index (χ1) is 9.68. The molecule has 2 N–H and O–H groups in total. The van der Waals surface area contributed by atoms with Crippen LogP contribution in [0.3, 0.4) is 0 Å². The Hall–Kier alpha value is -1.76. The van der Waals surface area contributed by atoms with Gasteiger partial charge < -0.3 is 15.5 Å². The van der Waals surface area contributed by atoms with Crippen LogP contribution in [0.25, 0.3) is 0 Å². The van der Waals surface area contributed by atoms with Crippen molar-refractivity contribution < 1.29 is 18.0 Å². The van der Waals surface area contributed by atoms with Crippen LogP contribution in [-0.2, 0) is 6.18 Å². The number of carbonyl (C=O) groups excluding carboxylic acids is 1. The highest BCUT2D eigenvalue weighted by molar-refractivity contribution is 5.94. The Morgan fingerprint density at radius 2 is 2.00 bits per heavy atom. The largest absolute Gasteiger partial charge is 0.416 e. The maximum atomic E-state index is 12.9. The number of rotatable bonds is 3. The monoisotopic (exact) mass is 301 g/mol. The lowest BCUT2D eigenvalue weighted by atomic mass is 10.1. The summed E-state index contributed by atoms with van der Waals surface area (Å²) in [7, 11) is 3.88. The first-order valence-corrected chi connectivity index (χ1v) is 6.62. The predicted molar refractivity (Wildman–Crippen MR) is 74.3 cm³/mol. The molecular formula is C14H18F3N3O. The number of carbonyl (C=O) groups is 1. The van der Waals surface area contributed by atoms with Crippen molar-refractivity contribution in [2.75, 3.05) is 32.1 Å². The molecule has 1 aromatic carbocycles. The Bertz CT molecular complexity index is 543. The summed E-state index contributed by atoms with van der Waals surface area (Å²) in [5.74, 6) is -0.856. The fourth-order valence-corrected chi connectivity index (χ4v) is 2.50. The minimum absolute atomic E-state index is 0.117. The van der Waals surface area contributed by atoms with Gasteiger partial charge in [0, 0.05) is 30.4 Å². The molecule has 1 aromatic rings. The van der Waals surface area contributed by atoms with Gasteiger partial charge in [-0.05, 0) is 38.7 Å². The van der Waals surface area contributed by atoms with Crippen molar-refractivity contribution in [3.63, 3.8) is 0 Å². The van der Waals surface area contributed by atoms with Gasteiger partial charge in [-0.3, -0.25) is 4.79 Å². The number of amides is 1. The van der Waals surface area contributed by atoms with Crippen LogP contribution < -0.4 is 10.6 Å². The maximum Gasteiger partial charge on any atom is 0.416 e. The highest BCUT2D eigenvalue weighted by Crippen LogP contribution is 2.34. The molecule has 21 heavy (non-hydrogen) atoms. The molecule has 1 saturated heterocycles. The fraction of sp³-hybridized carbons (Fsp3) is 0.500. The zero-order chi connectivity index (χ0) is 15.8. The smallest absolute Gasteiger partial charge is 0.370 e. The van der Waals surface area contributed by atoms with Crippen LogP contribution in [0.2, 0.25) is 0 Å². The Morgan fingerprint density at radius 1 is 1.33 bits per heavy atom. The van der Waals surface area contributed by atoms with Gasteiger partial charge in [-0.2, -0.15) is 13.2 Å². The van der Waals surface area contributed by atoms with E-state index in [4.69, 9.17) is 5.73 Å². The number of hydrogen-bond acceptors (Lipinski definition) is 3. The summed E-state index contributed by atoms with van der Waals surface area (Å²) in [6, 6.07) is 3.59. The van der Waals surface area contributed by atoms with E-state index in [0.29, 0.717) is 18.8 Å². The second kappa shape index (κ2) is 5.55. The van der Waals surface area contributed by atoms with E-state index in [0.717, 1.165) is 18.6 Å². The third-order valence-corrected chi connectivity index (χ3v) is 3.79. The number of anilines is 1. The second-order valence-corrected chi connectivity index (χ2v) is 5.48. The molecule has 1 aliphatic heterocycles. The Kier molecular flexibility index (Phi) is 4.13. The third kappa shape index (κ3) is 3.47. The minimum atomic E-state index is -4.50. The van der Waals surface area contributed by atoms with Crippen LogP contribution in [0.15, 0.2) is 18.2 Å². The number of benzene rings is 1. The molecule has 1 aliphatic rings. The SMILES string of the molecule is CN(C)C1CCN(c2cc(C(N)=O)cc(C(F)(F)F)c2)C1. The molecule has 0 aromatic heterocycles. The van der Waals surface area contributed by atoms with Crippen molar-refractivity contribution in [2.24, 2.45) is 5.73 Å². The fourth-order valence-electron chi connectivity index (χ4n) is 2.50. The van der Waals surface area contributed by atoms with Crippen molar-refractivity contribution in [2.45, 2.75) is 18.6 Å². The molecule has 0 aliphatic carbocycles. The van der Waals surface area contributed by atoms with Gasteiger partial charge in [-0.25, -0.2) is 0 Å². The van der Waals surface area contributed by atoms with Gasteiger partial charge in [0.15, 0.2) is 0 Å². The molecule has 0 saturated carbocycles. The lowest BCUT2D eigenvalue weighted by molar-refractivity contribution is -0.137. The molecule has 2 rings (SSSR count). The number of alkyl halides is 3. The average molecular weight is 301 g/mol. The normalized spacial score (nSPS) is 19.3. The van der Waals surface area contributed by atoms with Gasteiger partial charge >= 0.3 is 6.18 Å². The van der Waals surface area contributed by atoms with Crippen LogP contribution >= 0.6 is 0 Å². The topological polar surface area (TPSA) is 49.6 Å². The molecule has 7 heteroatoms. The summed E-state index contributed by atoms with van der Waals surface area (Å²) in [5, 5.41) is 0. The van der Waals surface area contributed by atoms with Crippen LogP contribution in [0, 0.1) is 0 Å². The summed E-state index contributed by atoms with van der Waals surface area (Å²) >= 11 is 0. The quantitative estimate of drug-likeness (QED) is 0.928. The van der Waals surface area contributed by atoms with Crippen molar-refractivity contribution in [3.8, 4) is 0 Å². The van der Waals surface area contributed by atoms with Crippen LogP contribution in [0.4, 0.5) is 18.9 Å². The molecule has 4 nitrogen and oxygen atoms in total. The number of hydrogen-bond donors (Lipinski definition) is 1. The summed E-state index contributed by atoms with van der Waals surface area (Å²) in [6.07, 6.45) is -3.63. The lowest BCUT2D eigenvalue weighted by Gasteiger charge is -2.23. The summed E-state index contributed by atoms with van der Waals surface area (Å²) in [5.41, 5.74) is 4.56. The highest BCUT2D eigenvalue weighted by atomic mass is 19.4. The summed E-state index contributed by atoms with van der Waals surface area (Å²) in [6.45, 7) is 1.29. The van der Waals surface area contributed by atoms with Gasteiger partial charge in [0.2, 0.25) is 5.91 Å². The number of halogens is 3. The Balaban J connectivity index is 2.35. The van der Waals surface area contributed by atoms with E-state index >= 15 is 0 Å². The molecule has 1 unspecified atom stereocenters. The van der Waals surface area contributed by atoms with E-state index in [1.807, 2.05) is 23.9 Å². The number of nitrogens with zero attached hydrogens (tertiary/aromatic N) is 2. The summed E-state index contributed by atoms with van der Waals surface area (Å²) < 4.78 is 38.8. The van der Waals surface area contributed by atoms with Crippen LogP contribution in [0.1, 0.15) is 22.3 Å². The molecule has 0 bridgehead atoms. The van der Waals surface area contributed by atoms with Gasteiger partial charge in [0.1, 0.15) is 0 Å². The first kappa shape index (κ1) is 15.6. The van der Waals surface area contributed by atoms with Crippen molar-refractivity contribution >= 4 is 11.6 Å². The number of likely N-dealkylation sites (N-methyl/N-ethyl adjacent to an activating group) is 1. The van der Waals surface area contributed by atoms with E-state index in [1.165, 1.54) is 6.07 Å². The van der Waals surface area contributed by atoms with Crippen LogP contribution in [-0.4, -0.2) is 44.0 Å². The zero-order valence-corrected chi connectivity index (χ0v) is 11.9. The molecule has 1 amide bonds. The van der Waals surface area contributed by atoms with Crippen molar-refractivity contribution in [1.29, 1.82) is 0 Å².